The zero-order chi connectivity index (χ0) is 17.3. The summed E-state index contributed by atoms with van der Waals surface area (Å²) in [6.07, 6.45) is 0. The molecule has 0 spiro atoms. The van der Waals surface area contributed by atoms with Gasteiger partial charge in [0.15, 0.2) is 5.75 Å². The molecule has 0 aliphatic heterocycles. The molecule has 5 nitrogen and oxygen atoms in total. The Kier molecular flexibility index (Phi) is 4.42. The van der Waals surface area contributed by atoms with Crippen molar-refractivity contribution in [1.29, 1.82) is 0 Å². The van der Waals surface area contributed by atoms with Crippen LogP contribution in [0.2, 0.25) is 10.0 Å². The van der Waals surface area contributed by atoms with Gasteiger partial charge >= 0.3 is 0 Å². The normalized spacial score (nSPS) is 10.6. The maximum atomic E-state index is 13.0. The van der Waals surface area contributed by atoms with Crippen molar-refractivity contribution in [3.8, 4) is 17.3 Å². The molecule has 3 aromatic rings. The highest BCUT2D eigenvalue weighted by Gasteiger charge is 2.12. The van der Waals surface area contributed by atoms with Crippen LogP contribution in [0.5, 0.6) is 11.6 Å². The van der Waals surface area contributed by atoms with Crippen molar-refractivity contribution >= 4 is 28.9 Å². The number of nitrogens with two attached hydrogens (primary N) is 1. The summed E-state index contributed by atoms with van der Waals surface area (Å²) in [4.78, 5) is 12.0. The van der Waals surface area contributed by atoms with Crippen molar-refractivity contribution in [3.05, 3.63) is 74.7 Å². The highest BCUT2D eigenvalue weighted by molar-refractivity contribution is 6.37. The van der Waals surface area contributed by atoms with E-state index in [0.29, 0.717) is 11.4 Å². The highest BCUT2D eigenvalue weighted by Crippen LogP contribution is 2.37. The second-order valence-electron chi connectivity index (χ2n) is 4.81. The van der Waals surface area contributed by atoms with Crippen LogP contribution in [0.4, 0.5) is 10.1 Å². The van der Waals surface area contributed by atoms with Gasteiger partial charge in [0.2, 0.25) is 5.88 Å². The van der Waals surface area contributed by atoms with Gasteiger partial charge < -0.3 is 10.5 Å². The molecule has 0 aliphatic rings. The molecule has 0 atom stereocenters. The topological polar surface area (TPSA) is 70.1 Å². The second-order valence-corrected chi connectivity index (χ2v) is 5.63. The van der Waals surface area contributed by atoms with E-state index in [1.54, 1.807) is 0 Å². The van der Waals surface area contributed by atoms with E-state index in [1.165, 1.54) is 48.5 Å². The first kappa shape index (κ1) is 16.3. The lowest BCUT2D eigenvalue weighted by Gasteiger charge is -2.11. The number of aromatic nitrogens is 2. The van der Waals surface area contributed by atoms with Gasteiger partial charge in [0, 0.05) is 17.8 Å². The van der Waals surface area contributed by atoms with E-state index in [-0.39, 0.29) is 21.7 Å². The average Bonchev–Trinajstić information content (AvgIpc) is 2.53. The van der Waals surface area contributed by atoms with Crippen molar-refractivity contribution in [3.63, 3.8) is 0 Å². The minimum atomic E-state index is -0.417. The Hall–Kier alpha value is -2.57. The summed E-state index contributed by atoms with van der Waals surface area (Å²) in [5.41, 5.74) is 6.02. The first-order chi connectivity index (χ1) is 11.4. The number of anilines is 1. The Morgan fingerprint density at radius 2 is 1.67 bits per heavy atom. The average molecular weight is 366 g/mol. The summed E-state index contributed by atoms with van der Waals surface area (Å²) in [7, 11) is 0. The van der Waals surface area contributed by atoms with Gasteiger partial charge in [-0.05, 0) is 36.4 Å². The van der Waals surface area contributed by atoms with Gasteiger partial charge in [0.25, 0.3) is 5.56 Å². The Bertz CT molecular complexity index is 935. The lowest BCUT2D eigenvalue weighted by molar-refractivity contribution is 0.447. The molecule has 24 heavy (non-hydrogen) atoms. The largest absolute Gasteiger partial charge is 0.434 e. The van der Waals surface area contributed by atoms with Gasteiger partial charge in [-0.2, -0.15) is 4.68 Å². The van der Waals surface area contributed by atoms with Gasteiger partial charge in [-0.1, -0.05) is 23.2 Å². The predicted octanol–water partition coefficient (Wildman–Crippen LogP) is 4.05. The van der Waals surface area contributed by atoms with Crippen LogP contribution in [-0.4, -0.2) is 9.78 Å². The van der Waals surface area contributed by atoms with Gasteiger partial charge in [-0.25, -0.2) is 4.39 Å². The number of benzene rings is 2. The fourth-order valence-corrected chi connectivity index (χ4v) is 2.58. The molecule has 122 valence electrons. The molecule has 8 heteroatoms. The SMILES string of the molecule is Nc1cc(Cl)c(Oc2ccc(=O)n(-c3ccc(F)cc3)n2)c(Cl)c1. The molecule has 2 aromatic carbocycles. The maximum absolute atomic E-state index is 13.0. The highest BCUT2D eigenvalue weighted by atomic mass is 35.5. The molecule has 0 fully saturated rings. The van der Waals surface area contributed by atoms with Crippen LogP contribution in [0.15, 0.2) is 53.3 Å². The van der Waals surface area contributed by atoms with Crippen molar-refractivity contribution in [1.82, 2.24) is 9.78 Å². The maximum Gasteiger partial charge on any atom is 0.271 e. The van der Waals surface area contributed by atoms with Crippen molar-refractivity contribution in [2.24, 2.45) is 0 Å². The first-order valence-electron chi connectivity index (χ1n) is 6.73. The van der Waals surface area contributed by atoms with E-state index in [9.17, 15) is 9.18 Å². The smallest absolute Gasteiger partial charge is 0.271 e. The van der Waals surface area contributed by atoms with Crippen molar-refractivity contribution in [2.75, 3.05) is 5.73 Å². The minimum Gasteiger partial charge on any atom is -0.434 e. The van der Waals surface area contributed by atoms with Crippen molar-refractivity contribution in [2.45, 2.75) is 0 Å². The number of halogens is 3. The van der Waals surface area contributed by atoms with Crippen LogP contribution >= 0.6 is 23.2 Å². The summed E-state index contributed by atoms with van der Waals surface area (Å²) < 4.78 is 19.7. The second kappa shape index (κ2) is 6.51. The number of hydrogen-bond acceptors (Lipinski definition) is 4. The van der Waals surface area contributed by atoms with Crippen LogP contribution < -0.4 is 16.0 Å². The zero-order valence-corrected chi connectivity index (χ0v) is 13.6. The summed E-state index contributed by atoms with van der Waals surface area (Å²) in [6.45, 7) is 0. The van der Waals surface area contributed by atoms with E-state index < -0.39 is 11.4 Å². The summed E-state index contributed by atoms with van der Waals surface area (Å²) >= 11 is 12.1. The van der Waals surface area contributed by atoms with E-state index in [1.807, 2.05) is 0 Å². The summed E-state index contributed by atoms with van der Waals surface area (Å²) in [5.74, 6) is -0.156. The Morgan fingerprint density at radius 1 is 1.04 bits per heavy atom. The third-order valence-electron chi connectivity index (χ3n) is 3.07. The predicted molar refractivity (Wildman–Crippen MR) is 90.7 cm³/mol. The van der Waals surface area contributed by atoms with Crippen LogP contribution in [0.25, 0.3) is 5.69 Å². The molecule has 0 saturated carbocycles. The van der Waals surface area contributed by atoms with Crippen LogP contribution in [0, 0.1) is 5.82 Å². The Balaban J connectivity index is 2.01. The molecular formula is C16H10Cl2FN3O2. The molecule has 2 N–H and O–H groups in total. The zero-order valence-electron chi connectivity index (χ0n) is 12.0. The van der Waals surface area contributed by atoms with E-state index in [4.69, 9.17) is 33.7 Å². The Morgan fingerprint density at radius 3 is 2.29 bits per heavy atom. The number of nitrogen functional groups attached to an aromatic ring is 1. The molecule has 0 bridgehead atoms. The van der Waals surface area contributed by atoms with E-state index >= 15 is 0 Å². The molecule has 1 aromatic heterocycles. The van der Waals surface area contributed by atoms with Gasteiger partial charge in [-0.15, -0.1) is 5.10 Å². The van der Waals surface area contributed by atoms with Crippen LogP contribution in [-0.2, 0) is 0 Å². The minimum absolute atomic E-state index is 0.0903. The molecule has 1 heterocycles. The van der Waals surface area contributed by atoms with Crippen LogP contribution in [0.1, 0.15) is 0 Å². The first-order valence-corrected chi connectivity index (χ1v) is 7.48. The molecule has 0 radical (unpaired) electrons. The lowest BCUT2D eigenvalue weighted by Crippen LogP contribution is -2.20. The van der Waals surface area contributed by atoms with E-state index in [0.717, 1.165) is 4.68 Å². The standard InChI is InChI=1S/C16H10Cl2FN3O2/c17-12-7-10(20)8-13(18)16(12)24-14-5-6-15(23)22(21-14)11-3-1-9(19)2-4-11/h1-8H,20H2. The Labute approximate surface area is 146 Å². The van der Waals surface area contributed by atoms with Crippen molar-refractivity contribution < 1.29 is 9.13 Å². The third-order valence-corrected chi connectivity index (χ3v) is 3.64. The third kappa shape index (κ3) is 3.34. The molecule has 0 aliphatic carbocycles. The molecule has 0 amide bonds. The number of rotatable bonds is 3. The summed E-state index contributed by atoms with van der Waals surface area (Å²) in [6, 6.07) is 10.9. The molecule has 0 saturated heterocycles. The lowest BCUT2D eigenvalue weighted by atomic mass is 10.3. The number of hydrogen-bond donors (Lipinski definition) is 1. The van der Waals surface area contributed by atoms with Gasteiger partial charge in [-0.3, -0.25) is 4.79 Å². The van der Waals surface area contributed by atoms with Gasteiger partial charge in [0.1, 0.15) is 5.82 Å². The molecule has 0 unspecified atom stereocenters. The fourth-order valence-electron chi connectivity index (χ4n) is 2.00. The fraction of sp³-hybridized carbons (Fsp3) is 0. The number of ether oxygens (including phenoxy) is 1. The monoisotopic (exact) mass is 365 g/mol. The van der Waals surface area contributed by atoms with E-state index in [2.05, 4.69) is 5.10 Å². The molecular weight excluding hydrogens is 356 g/mol. The van der Waals surface area contributed by atoms with Gasteiger partial charge in [0.05, 0.1) is 15.7 Å². The quantitative estimate of drug-likeness (QED) is 0.710. The summed E-state index contributed by atoms with van der Waals surface area (Å²) in [5, 5.41) is 4.50. The van der Waals surface area contributed by atoms with Crippen LogP contribution in [0.3, 0.4) is 0 Å². The molecule has 3 rings (SSSR count). The number of nitrogens with zero attached hydrogens (tertiary/aromatic N) is 2.